The van der Waals surface area contributed by atoms with E-state index in [-0.39, 0.29) is 58.4 Å². The van der Waals surface area contributed by atoms with Gasteiger partial charge in [-0.15, -0.1) is 0 Å². The van der Waals surface area contributed by atoms with Crippen LogP contribution in [-0.4, -0.2) is 80.2 Å². The van der Waals surface area contributed by atoms with E-state index in [4.69, 9.17) is 15.2 Å². The summed E-state index contributed by atoms with van der Waals surface area (Å²) in [6.07, 6.45) is 6.05. The summed E-state index contributed by atoms with van der Waals surface area (Å²) in [5.41, 5.74) is 6.17. The van der Waals surface area contributed by atoms with Crippen LogP contribution < -0.4 is 20.5 Å². The number of ether oxygens (including phenoxy) is 2. The molecule has 6 rings (SSSR count). The van der Waals surface area contributed by atoms with Crippen LogP contribution in [0.2, 0.25) is 0 Å². The number of nitrogens with zero attached hydrogens (tertiary/aromatic N) is 5. The first-order valence-electron chi connectivity index (χ1n) is 13.1. The molecule has 1 saturated heterocycles. The molecule has 4 heterocycles. The summed E-state index contributed by atoms with van der Waals surface area (Å²) < 4.78 is 64.9. The molecule has 0 radical (unpaired) electrons. The molecule has 17 heteroatoms. The lowest BCUT2D eigenvalue weighted by Crippen LogP contribution is -2.55. The van der Waals surface area contributed by atoms with Crippen LogP contribution >= 0.6 is 0 Å². The van der Waals surface area contributed by atoms with Gasteiger partial charge in [0.25, 0.3) is 11.8 Å². The quantitative estimate of drug-likeness (QED) is 0.146. The third-order valence-electron chi connectivity index (χ3n) is 6.62. The zero-order valence-corrected chi connectivity index (χ0v) is 23.7. The number of nitrogens with two attached hydrogens (primary N) is 1. The van der Waals surface area contributed by atoms with Gasteiger partial charge in [0.15, 0.2) is 35.4 Å². The molecule has 234 valence electrons. The highest BCUT2D eigenvalue weighted by atomic mass is 19.3. The maximum absolute atomic E-state index is 15.1. The second kappa shape index (κ2) is 12.6. The molecule has 0 spiro atoms. The van der Waals surface area contributed by atoms with Crippen LogP contribution in [0.15, 0.2) is 43.0 Å². The van der Waals surface area contributed by atoms with Gasteiger partial charge < -0.3 is 25.2 Å². The van der Waals surface area contributed by atoms with Crippen molar-refractivity contribution in [3.63, 3.8) is 0 Å². The Labute approximate surface area is 251 Å². The predicted molar refractivity (Wildman–Crippen MR) is 153 cm³/mol. The second-order valence-corrected chi connectivity index (χ2v) is 9.75. The first kappa shape index (κ1) is 30.9. The molecule has 0 aliphatic carbocycles. The number of carbonyl (C=O) groups is 2. The third-order valence-corrected chi connectivity index (χ3v) is 6.62. The van der Waals surface area contributed by atoms with Crippen LogP contribution in [0.3, 0.4) is 0 Å². The number of imidazole rings is 2. The number of nitrogen functional groups attached to an aromatic ring is 1. The minimum Gasteiger partial charge on any atom is -0.494 e. The van der Waals surface area contributed by atoms with E-state index in [1.807, 2.05) is 0 Å². The molecule has 13 nitrogen and oxygen atoms in total. The maximum atomic E-state index is 15.1. The predicted octanol–water partition coefficient (Wildman–Crippen LogP) is 3.82. The molecule has 0 atom stereocenters. The minimum absolute atomic E-state index is 0.0489. The molecule has 0 saturated carbocycles. The van der Waals surface area contributed by atoms with Gasteiger partial charge in [-0.1, -0.05) is 6.07 Å². The number of methoxy groups -OCH3 is 2. The molecule has 1 amide bonds. The van der Waals surface area contributed by atoms with Gasteiger partial charge in [0.1, 0.15) is 5.52 Å². The van der Waals surface area contributed by atoms with Crippen molar-refractivity contribution in [1.82, 2.24) is 34.8 Å². The van der Waals surface area contributed by atoms with E-state index < -0.39 is 29.0 Å². The molecule has 5 aromatic rings. The smallest absolute Gasteiger partial charge is 0.272 e. The van der Waals surface area contributed by atoms with Crippen molar-refractivity contribution in [3.8, 4) is 22.6 Å². The molecular weight excluding hydrogens is 602 g/mol. The zero-order chi connectivity index (χ0) is 32.3. The number of rotatable bonds is 8. The van der Waals surface area contributed by atoms with Gasteiger partial charge in [-0.05, 0) is 6.07 Å². The number of hydrogen-bond donors (Lipinski definition) is 4. The van der Waals surface area contributed by atoms with Crippen molar-refractivity contribution in [3.05, 3.63) is 71.6 Å². The minimum atomic E-state index is -2.51. The Bertz CT molecular complexity index is 1840. The van der Waals surface area contributed by atoms with E-state index >= 15 is 8.78 Å². The number of amides is 1. The van der Waals surface area contributed by atoms with Crippen LogP contribution in [-0.2, 0) is 6.54 Å². The SMILES string of the molecule is COc1cc(OC)c(F)c(-c2ccc(C(=O)Nc3ncc(C=O)[nH]3)c3nccnc23)c1F.Nc1ncc(CN2CC(F)(F)C2)[nH]1. The van der Waals surface area contributed by atoms with Gasteiger partial charge in [0.2, 0.25) is 5.95 Å². The van der Waals surface area contributed by atoms with Crippen molar-refractivity contribution >= 4 is 35.1 Å². The molecule has 5 N–H and O–H groups in total. The van der Waals surface area contributed by atoms with Crippen molar-refractivity contribution in [2.75, 3.05) is 38.4 Å². The number of anilines is 2. The Morgan fingerprint density at radius 2 is 1.69 bits per heavy atom. The molecule has 0 unspecified atom stereocenters. The fourth-order valence-corrected chi connectivity index (χ4v) is 4.61. The van der Waals surface area contributed by atoms with E-state index in [0.717, 1.165) is 11.8 Å². The number of halogens is 4. The number of benzene rings is 2. The monoisotopic (exact) mass is 627 g/mol. The molecular formula is C28H25F4N9O4. The summed E-state index contributed by atoms with van der Waals surface area (Å²) in [4.78, 5) is 46.6. The number of likely N-dealkylation sites (tertiary alicyclic amines) is 1. The summed E-state index contributed by atoms with van der Waals surface area (Å²) in [7, 11) is 2.49. The molecule has 1 aliphatic heterocycles. The fourth-order valence-electron chi connectivity index (χ4n) is 4.61. The number of H-pyrrole nitrogens is 2. The first-order chi connectivity index (χ1) is 21.5. The van der Waals surface area contributed by atoms with Crippen LogP contribution in [0, 0.1) is 11.6 Å². The average Bonchev–Trinajstić information content (AvgIpc) is 3.64. The maximum Gasteiger partial charge on any atom is 0.272 e. The third kappa shape index (κ3) is 6.52. The lowest BCUT2D eigenvalue weighted by atomic mass is 9.99. The lowest BCUT2D eigenvalue weighted by molar-refractivity contribution is -0.134. The highest BCUT2D eigenvalue weighted by Crippen LogP contribution is 2.40. The Kier molecular flexibility index (Phi) is 8.62. The van der Waals surface area contributed by atoms with Gasteiger partial charge in [0, 0.05) is 30.6 Å². The van der Waals surface area contributed by atoms with Crippen molar-refractivity contribution in [1.29, 1.82) is 0 Å². The van der Waals surface area contributed by atoms with E-state index in [0.29, 0.717) is 18.8 Å². The van der Waals surface area contributed by atoms with Crippen molar-refractivity contribution < 1.29 is 36.6 Å². The number of aromatic nitrogens is 6. The topological polar surface area (TPSA) is 177 Å². The fraction of sp³-hybridized carbons (Fsp3) is 0.214. The average molecular weight is 628 g/mol. The van der Waals surface area contributed by atoms with E-state index in [1.165, 1.54) is 44.9 Å². The Hall–Kier alpha value is -5.58. The van der Waals surface area contributed by atoms with Crippen molar-refractivity contribution in [2.24, 2.45) is 0 Å². The Morgan fingerprint density at radius 3 is 2.24 bits per heavy atom. The van der Waals surface area contributed by atoms with Gasteiger partial charge in [-0.25, -0.2) is 27.5 Å². The highest BCUT2D eigenvalue weighted by Gasteiger charge is 2.43. The summed E-state index contributed by atoms with van der Waals surface area (Å²) in [5, 5.41) is 2.50. The number of fused-ring (bicyclic) bond motifs is 1. The van der Waals surface area contributed by atoms with E-state index in [2.05, 4.69) is 35.2 Å². The number of carbonyl (C=O) groups excluding carboxylic acids is 2. The zero-order valence-electron chi connectivity index (χ0n) is 23.7. The van der Waals surface area contributed by atoms with Crippen LogP contribution in [0.1, 0.15) is 26.5 Å². The van der Waals surface area contributed by atoms with E-state index in [1.54, 1.807) is 11.1 Å². The number of alkyl halides is 2. The summed E-state index contributed by atoms with van der Waals surface area (Å²) >= 11 is 0. The largest absolute Gasteiger partial charge is 0.494 e. The Morgan fingerprint density at radius 1 is 1.02 bits per heavy atom. The number of nitrogens with one attached hydrogen (secondary N) is 3. The Balaban J connectivity index is 0.000000256. The standard InChI is InChI=1S/C21H15F2N5O4.C7H10F2N4/c1-31-13-7-14(32-2)17(23)15(16(13)22)11-3-4-12(19-18(11)24-5-6-25-19)20(30)28-21-26-8-10(9-29)27-21;8-7(9)3-13(4-7)2-5-1-11-6(10)12-5/h3-9H,1-2H3,(H2,26,27,28,30);1H,2-4H2,(H3,10,11,12). The van der Waals surface area contributed by atoms with Crippen LogP contribution in [0.25, 0.3) is 22.2 Å². The number of aldehydes is 1. The van der Waals surface area contributed by atoms with Gasteiger partial charge in [-0.2, -0.15) is 0 Å². The molecule has 45 heavy (non-hydrogen) atoms. The van der Waals surface area contributed by atoms with Crippen molar-refractivity contribution in [2.45, 2.75) is 12.5 Å². The van der Waals surface area contributed by atoms with Gasteiger partial charge in [0.05, 0.1) is 67.7 Å². The molecule has 0 bridgehead atoms. The molecule has 2 aromatic carbocycles. The molecule has 3 aromatic heterocycles. The normalized spacial score (nSPS) is 13.8. The highest BCUT2D eigenvalue weighted by molar-refractivity contribution is 6.13. The van der Waals surface area contributed by atoms with Gasteiger partial charge >= 0.3 is 0 Å². The second-order valence-electron chi connectivity index (χ2n) is 9.75. The van der Waals surface area contributed by atoms with Crippen LogP contribution in [0.4, 0.5) is 29.5 Å². The number of hydrogen-bond acceptors (Lipinski definition) is 10. The summed E-state index contributed by atoms with van der Waals surface area (Å²) in [6, 6.07) is 3.81. The summed E-state index contributed by atoms with van der Waals surface area (Å²) in [5.74, 6) is -5.10. The molecule has 1 fully saturated rings. The number of aromatic amines is 2. The lowest BCUT2D eigenvalue weighted by Gasteiger charge is -2.38. The summed E-state index contributed by atoms with van der Waals surface area (Å²) in [6.45, 7) is 0.109. The first-order valence-corrected chi connectivity index (χ1v) is 13.1. The van der Waals surface area contributed by atoms with Crippen LogP contribution in [0.5, 0.6) is 11.5 Å². The van der Waals surface area contributed by atoms with Gasteiger partial charge in [-0.3, -0.25) is 29.8 Å². The van der Waals surface area contributed by atoms with E-state index in [9.17, 15) is 18.4 Å². The molecule has 1 aliphatic rings.